The summed E-state index contributed by atoms with van der Waals surface area (Å²) in [5.41, 5.74) is 0. The van der Waals surface area contributed by atoms with Gasteiger partial charge in [0.05, 0.1) is 0 Å². The molecule has 1 saturated carbocycles. The van der Waals surface area contributed by atoms with E-state index in [9.17, 15) is 18.0 Å². The van der Waals surface area contributed by atoms with Gasteiger partial charge < -0.3 is 9.64 Å². The summed E-state index contributed by atoms with van der Waals surface area (Å²) in [4.78, 5) is 14.1. The van der Waals surface area contributed by atoms with Crippen molar-refractivity contribution >= 4 is 5.91 Å². The summed E-state index contributed by atoms with van der Waals surface area (Å²) in [7, 11) is 0. The number of carbonyl (C=O) groups is 1. The van der Waals surface area contributed by atoms with Crippen molar-refractivity contribution in [2.45, 2.75) is 70.3 Å². The van der Waals surface area contributed by atoms with E-state index < -0.39 is 18.9 Å². The van der Waals surface area contributed by atoms with Gasteiger partial charge in [-0.3, -0.25) is 4.79 Å². The smallest absolute Gasteiger partial charge is 0.359 e. The van der Waals surface area contributed by atoms with Crippen molar-refractivity contribution in [3.05, 3.63) is 0 Å². The number of alkyl halides is 3. The zero-order valence-corrected chi connectivity index (χ0v) is 11.9. The Morgan fingerprint density at radius 2 is 2.00 bits per heavy atom. The first-order valence-electron chi connectivity index (χ1n) is 7.30. The van der Waals surface area contributed by atoms with E-state index in [2.05, 4.69) is 0 Å². The highest BCUT2D eigenvalue weighted by atomic mass is 19.4. The van der Waals surface area contributed by atoms with Crippen molar-refractivity contribution in [1.82, 2.24) is 4.90 Å². The van der Waals surface area contributed by atoms with Crippen molar-refractivity contribution in [3.8, 4) is 0 Å². The van der Waals surface area contributed by atoms with Crippen molar-refractivity contribution < 1.29 is 22.7 Å². The number of halogens is 3. The van der Waals surface area contributed by atoms with Crippen LogP contribution in [0.4, 0.5) is 13.2 Å². The normalized spacial score (nSPS) is 32.0. The van der Waals surface area contributed by atoms with Crippen molar-refractivity contribution in [2.24, 2.45) is 5.92 Å². The van der Waals surface area contributed by atoms with Gasteiger partial charge in [-0.15, -0.1) is 0 Å². The van der Waals surface area contributed by atoms with Gasteiger partial charge in [0.15, 0.2) is 0 Å². The summed E-state index contributed by atoms with van der Waals surface area (Å²) < 4.78 is 41.1. The zero-order valence-electron chi connectivity index (χ0n) is 11.9. The molecule has 1 aliphatic heterocycles. The summed E-state index contributed by atoms with van der Waals surface area (Å²) in [6.45, 7) is 2.03. The molecular formula is C14H22F3NO2. The molecule has 0 N–H and O–H groups in total. The highest BCUT2D eigenvalue weighted by molar-refractivity contribution is 5.81. The first-order chi connectivity index (χ1) is 9.29. The average molecular weight is 293 g/mol. The Kier molecular flexibility index (Phi) is 4.62. The Balaban J connectivity index is 1.96. The zero-order chi connectivity index (χ0) is 14.9. The van der Waals surface area contributed by atoms with Gasteiger partial charge in [0, 0.05) is 12.1 Å². The van der Waals surface area contributed by atoms with Crippen LogP contribution in [-0.2, 0) is 9.53 Å². The Bertz CT molecular complexity index is 359. The second-order valence-corrected chi connectivity index (χ2v) is 6.01. The van der Waals surface area contributed by atoms with Gasteiger partial charge in [-0.25, -0.2) is 0 Å². The van der Waals surface area contributed by atoms with E-state index >= 15 is 0 Å². The van der Waals surface area contributed by atoms with Crippen LogP contribution in [0.15, 0.2) is 0 Å². The Hall–Kier alpha value is -0.780. The minimum absolute atomic E-state index is 0.104. The third-order valence-corrected chi connectivity index (χ3v) is 4.44. The number of likely N-dealkylation sites (tertiary alicyclic amines) is 1. The van der Waals surface area contributed by atoms with Crippen LogP contribution in [0, 0.1) is 5.92 Å². The van der Waals surface area contributed by atoms with Crippen LogP contribution < -0.4 is 0 Å². The first kappa shape index (κ1) is 15.6. The van der Waals surface area contributed by atoms with Crippen molar-refractivity contribution in [2.75, 3.05) is 6.61 Å². The maximum absolute atomic E-state index is 12.4. The van der Waals surface area contributed by atoms with E-state index in [0.717, 1.165) is 25.7 Å². The molecule has 0 aromatic heterocycles. The summed E-state index contributed by atoms with van der Waals surface area (Å²) in [6.07, 6.45) is -0.0878. The predicted octanol–water partition coefficient (Wildman–Crippen LogP) is 3.13. The molecule has 0 aromatic carbocycles. The fraction of sp³-hybridized carbons (Fsp3) is 0.929. The predicted molar refractivity (Wildman–Crippen MR) is 68.1 cm³/mol. The maximum atomic E-state index is 12.4. The third-order valence-electron chi connectivity index (χ3n) is 4.44. The topological polar surface area (TPSA) is 29.5 Å². The fourth-order valence-corrected chi connectivity index (χ4v) is 3.59. The van der Waals surface area contributed by atoms with Gasteiger partial charge in [-0.05, 0) is 39.0 Å². The SMILES string of the molecule is C[C@H](OCC(F)(F)F)C(=O)N1[C@H](C)C[C@@H]2CCCC[C@H]21. The molecule has 2 fully saturated rings. The largest absolute Gasteiger partial charge is 0.411 e. The van der Waals surface area contributed by atoms with Crippen molar-refractivity contribution in [3.63, 3.8) is 0 Å². The molecule has 2 rings (SSSR count). The minimum atomic E-state index is -4.39. The fourth-order valence-electron chi connectivity index (χ4n) is 3.59. The van der Waals surface area contributed by atoms with E-state index in [4.69, 9.17) is 4.74 Å². The Labute approximate surface area is 117 Å². The van der Waals surface area contributed by atoms with E-state index in [1.54, 1.807) is 4.90 Å². The second-order valence-electron chi connectivity index (χ2n) is 6.01. The molecule has 1 aliphatic carbocycles. The molecule has 0 radical (unpaired) electrons. The highest BCUT2D eigenvalue weighted by Gasteiger charge is 2.44. The summed E-state index contributed by atoms with van der Waals surface area (Å²) in [5, 5.41) is 0. The molecule has 2 aliphatic rings. The summed E-state index contributed by atoms with van der Waals surface area (Å²) in [5.74, 6) is 0.216. The van der Waals surface area contributed by atoms with Gasteiger partial charge in [0.25, 0.3) is 5.91 Å². The lowest BCUT2D eigenvalue weighted by molar-refractivity contribution is -0.189. The number of carbonyl (C=O) groups excluding carboxylic acids is 1. The molecule has 6 heteroatoms. The van der Waals surface area contributed by atoms with Gasteiger partial charge >= 0.3 is 6.18 Å². The summed E-state index contributed by atoms with van der Waals surface area (Å²) >= 11 is 0. The highest BCUT2D eigenvalue weighted by Crippen LogP contribution is 2.39. The molecule has 1 heterocycles. The van der Waals surface area contributed by atoms with Crippen LogP contribution in [0.5, 0.6) is 0 Å². The molecule has 4 atom stereocenters. The van der Waals surface area contributed by atoms with Crippen LogP contribution in [-0.4, -0.2) is 41.8 Å². The Morgan fingerprint density at radius 3 is 2.65 bits per heavy atom. The van der Waals surface area contributed by atoms with Crippen molar-refractivity contribution in [1.29, 1.82) is 0 Å². The number of hydrogen-bond acceptors (Lipinski definition) is 2. The molecule has 116 valence electrons. The molecule has 20 heavy (non-hydrogen) atoms. The minimum Gasteiger partial charge on any atom is -0.359 e. The van der Waals surface area contributed by atoms with Gasteiger partial charge in [-0.1, -0.05) is 12.8 Å². The van der Waals surface area contributed by atoms with Crippen LogP contribution in [0.25, 0.3) is 0 Å². The van der Waals surface area contributed by atoms with Gasteiger partial charge in [0.2, 0.25) is 0 Å². The molecule has 0 aromatic rings. The van der Waals surface area contributed by atoms with Crippen LogP contribution >= 0.6 is 0 Å². The van der Waals surface area contributed by atoms with Gasteiger partial charge in [-0.2, -0.15) is 13.2 Å². The summed E-state index contributed by atoms with van der Waals surface area (Å²) in [6, 6.07) is 0.302. The first-order valence-corrected chi connectivity index (χ1v) is 7.30. The molecule has 0 spiro atoms. The number of rotatable bonds is 3. The molecular weight excluding hydrogens is 271 g/mol. The van der Waals surface area contributed by atoms with Gasteiger partial charge in [0.1, 0.15) is 12.7 Å². The number of amides is 1. The standard InChI is InChI=1S/C14H22F3NO2/c1-9-7-11-5-3-4-6-12(11)18(9)13(19)10(2)20-8-14(15,16)17/h9-12H,3-8H2,1-2H3/t9-,10+,11+,12-/m1/s1. The van der Waals surface area contributed by atoms with Crippen LogP contribution in [0.3, 0.4) is 0 Å². The molecule has 0 unspecified atom stereocenters. The van der Waals surface area contributed by atoms with E-state index in [0.29, 0.717) is 5.92 Å². The average Bonchev–Trinajstić information content (AvgIpc) is 2.70. The maximum Gasteiger partial charge on any atom is 0.411 e. The molecule has 3 nitrogen and oxygen atoms in total. The quantitative estimate of drug-likeness (QED) is 0.800. The third kappa shape index (κ3) is 3.45. The van der Waals surface area contributed by atoms with Crippen LogP contribution in [0.2, 0.25) is 0 Å². The lowest BCUT2D eigenvalue weighted by Crippen LogP contribution is -2.47. The van der Waals surface area contributed by atoms with Crippen LogP contribution in [0.1, 0.15) is 46.0 Å². The number of fused-ring (bicyclic) bond motifs is 1. The van der Waals surface area contributed by atoms with E-state index in [1.807, 2.05) is 6.92 Å². The number of nitrogens with zero attached hydrogens (tertiary/aromatic N) is 1. The second kappa shape index (κ2) is 5.92. The lowest BCUT2D eigenvalue weighted by atomic mass is 9.85. The van der Waals surface area contributed by atoms with E-state index in [-0.39, 0.29) is 18.0 Å². The number of ether oxygens (including phenoxy) is 1. The lowest BCUT2D eigenvalue weighted by Gasteiger charge is -2.34. The molecule has 0 bridgehead atoms. The van der Waals surface area contributed by atoms with E-state index in [1.165, 1.54) is 13.3 Å². The number of hydrogen-bond donors (Lipinski definition) is 0. The Morgan fingerprint density at radius 1 is 1.35 bits per heavy atom. The monoisotopic (exact) mass is 293 g/mol. The molecule has 1 amide bonds. The molecule has 1 saturated heterocycles.